The highest BCUT2D eigenvalue weighted by molar-refractivity contribution is 5.50. The predicted octanol–water partition coefficient (Wildman–Crippen LogP) is 3.04. The van der Waals surface area contributed by atoms with E-state index < -0.39 is 4.92 Å². The highest BCUT2D eigenvalue weighted by Gasteiger charge is 2.15. The minimum Gasteiger partial charge on any atom is -0.366 e. The molecule has 6 nitrogen and oxygen atoms in total. The Kier molecular flexibility index (Phi) is 4.46. The second kappa shape index (κ2) is 6.48. The lowest BCUT2D eigenvalue weighted by Gasteiger charge is -2.06. The van der Waals surface area contributed by atoms with E-state index in [2.05, 4.69) is 29.4 Å². The minimum atomic E-state index is -0.612. The lowest BCUT2D eigenvalue weighted by Crippen LogP contribution is -2.04. The van der Waals surface area contributed by atoms with Crippen molar-refractivity contribution >= 4 is 11.5 Å². The summed E-state index contributed by atoms with van der Waals surface area (Å²) >= 11 is 0. The van der Waals surface area contributed by atoms with Gasteiger partial charge in [-0.2, -0.15) is 5.26 Å². The first-order valence-corrected chi connectivity index (χ1v) is 6.51. The molecule has 0 atom stereocenters. The zero-order valence-corrected chi connectivity index (χ0v) is 11.5. The Balaban J connectivity index is 2.09. The third-order valence-electron chi connectivity index (χ3n) is 3.08. The van der Waals surface area contributed by atoms with Crippen molar-refractivity contribution in [2.24, 2.45) is 0 Å². The summed E-state index contributed by atoms with van der Waals surface area (Å²) in [4.78, 5) is 14.1. The van der Waals surface area contributed by atoms with Crippen LogP contribution in [0, 0.1) is 21.4 Å². The maximum Gasteiger partial charge on any atom is 0.305 e. The largest absolute Gasteiger partial charge is 0.366 e. The summed E-state index contributed by atoms with van der Waals surface area (Å²) < 4.78 is 0. The summed E-state index contributed by atoms with van der Waals surface area (Å²) in [5.74, 6) is 0.441. The molecule has 0 spiro atoms. The molecule has 0 amide bonds. The van der Waals surface area contributed by atoms with E-state index in [0.29, 0.717) is 12.4 Å². The molecule has 6 heteroatoms. The Labute approximate surface area is 122 Å². The molecule has 0 radical (unpaired) electrons. The van der Waals surface area contributed by atoms with Gasteiger partial charge in [-0.1, -0.05) is 31.2 Å². The summed E-state index contributed by atoms with van der Waals surface area (Å²) in [6.45, 7) is 2.64. The van der Waals surface area contributed by atoms with E-state index in [1.54, 1.807) is 6.07 Å². The molecule has 0 saturated heterocycles. The Morgan fingerprint density at radius 1 is 1.24 bits per heavy atom. The number of aryl methyl sites for hydroxylation is 1. The molecule has 21 heavy (non-hydrogen) atoms. The first kappa shape index (κ1) is 14.5. The standard InChI is InChI=1S/C15H14N4O2/c1-2-11-3-5-12(6-4-11)10-17-15-8-7-14(19(20)21)13(9-16)18-15/h3-8H,2,10H2,1H3,(H,17,18). The molecule has 1 N–H and O–H groups in total. The summed E-state index contributed by atoms with van der Waals surface area (Å²) in [6, 6.07) is 12.7. The topological polar surface area (TPSA) is 91.9 Å². The van der Waals surface area contributed by atoms with Gasteiger partial charge in [-0.3, -0.25) is 10.1 Å². The van der Waals surface area contributed by atoms with Crippen molar-refractivity contribution in [2.45, 2.75) is 19.9 Å². The van der Waals surface area contributed by atoms with E-state index in [1.807, 2.05) is 12.1 Å². The summed E-state index contributed by atoms with van der Waals surface area (Å²) in [5.41, 5.74) is 1.87. The molecule has 0 aliphatic rings. The molecule has 1 heterocycles. The minimum absolute atomic E-state index is 0.189. The summed E-state index contributed by atoms with van der Waals surface area (Å²) in [6.07, 6.45) is 0.989. The van der Waals surface area contributed by atoms with Gasteiger partial charge in [0.15, 0.2) is 0 Å². The van der Waals surface area contributed by atoms with Crippen molar-refractivity contribution in [1.29, 1.82) is 5.26 Å². The van der Waals surface area contributed by atoms with Crippen LogP contribution >= 0.6 is 0 Å². The van der Waals surface area contributed by atoms with Gasteiger partial charge in [-0.25, -0.2) is 4.98 Å². The number of hydrogen-bond acceptors (Lipinski definition) is 5. The summed E-state index contributed by atoms with van der Waals surface area (Å²) in [7, 11) is 0. The van der Waals surface area contributed by atoms with Crippen LogP contribution in [0.4, 0.5) is 11.5 Å². The number of hydrogen-bond donors (Lipinski definition) is 1. The Morgan fingerprint density at radius 3 is 2.48 bits per heavy atom. The molecule has 0 bridgehead atoms. The third kappa shape index (κ3) is 3.54. The van der Waals surface area contributed by atoms with Gasteiger partial charge in [0.05, 0.1) is 4.92 Å². The zero-order chi connectivity index (χ0) is 15.2. The molecule has 2 aromatic rings. The summed E-state index contributed by atoms with van der Waals surface area (Å²) in [5, 5.41) is 22.7. The highest BCUT2D eigenvalue weighted by atomic mass is 16.6. The van der Waals surface area contributed by atoms with Crippen LogP contribution in [-0.2, 0) is 13.0 Å². The number of aromatic nitrogens is 1. The van der Waals surface area contributed by atoms with Gasteiger partial charge in [-0.05, 0) is 23.6 Å². The molecule has 2 rings (SSSR count). The van der Waals surface area contributed by atoms with E-state index >= 15 is 0 Å². The van der Waals surface area contributed by atoms with E-state index in [9.17, 15) is 10.1 Å². The lowest BCUT2D eigenvalue weighted by molar-refractivity contribution is -0.385. The molecule has 1 aromatic heterocycles. The number of nitrogens with zero attached hydrogens (tertiary/aromatic N) is 3. The van der Waals surface area contributed by atoms with Crippen LogP contribution in [-0.4, -0.2) is 9.91 Å². The van der Waals surface area contributed by atoms with Gasteiger partial charge < -0.3 is 5.32 Å². The van der Waals surface area contributed by atoms with Gasteiger partial charge in [0.1, 0.15) is 11.9 Å². The zero-order valence-electron chi connectivity index (χ0n) is 11.5. The normalized spacial score (nSPS) is 9.90. The van der Waals surface area contributed by atoms with Gasteiger partial charge in [0.25, 0.3) is 0 Å². The molecule has 1 aromatic carbocycles. The predicted molar refractivity (Wildman–Crippen MR) is 78.8 cm³/mol. The van der Waals surface area contributed by atoms with Crippen molar-refractivity contribution in [1.82, 2.24) is 4.98 Å². The fraction of sp³-hybridized carbons (Fsp3) is 0.200. The fourth-order valence-corrected chi connectivity index (χ4v) is 1.87. The smallest absolute Gasteiger partial charge is 0.305 e. The van der Waals surface area contributed by atoms with Crippen LogP contribution in [0.15, 0.2) is 36.4 Å². The Morgan fingerprint density at radius 2 is 1.90 bits per heavy atom. The van der Waals surface area contributed by atoms with Crippen LogP contribution < -0.4 is 5.32 Å². The molecular formula is C15H14N4O2. The monoisotopic (exact) mass is 282 g/mol. The SMILES string of the molecule is CCc1ccc(CNc2ccc([N+](=O)[O-])c(C#N)n2)cc1. The van der Waals surface area contributed by atoms with Crippen LogP contribution in [0.5, 0.6) is 0 Å². The van der Waals surface area contributed by atoms with Gasteiger partial charge in [0, 0.05) is 12.6 Å². The molecule has 0 fully saturated rings. The quantitative estimate of drug-likeness (QED) is 0.672. The second-order valence-corrected chi connectivity index (χ2v) is 4.46. The number of nitrogens with one attached hydrogen (secondary N) is 1. The third-order valence-corrected chi connectivity index (χ3v) is 3.08. The van der Waals surface area contributed by atoms with Crippen molar-refractivity contribution in [3.63, 3.8) is 0 Å². The highest BCUT2D eigenvalue weighted by Crippen LogP contribution is 2.18. The number of nitro groups is 1. The number of anilines is 1. The number of pyridine rings is 1. The second-order valence-electron chi connectivity index (χ2n) is 4.46. The molecule has 0 aliphatic carbocycles. The average Bonchev–Trinajstić information content (AvgIpc) is 2.52. The average molecular weight is 282 g/mol. The van der Waals surface area contributed by atoms with Gasteiger partial charge in [-0.15, -0.1) is 0 Å². The maximum absolute atomic E-state index is 10.7. The maximum atomic E-state index is 10.7. The van der Waals surface area contributed by atoms with Crippen molar-refractivity contribution in [3.05, 3.63) is 63.3 Å². The van der Waals surface area contributed by atoms with Gasteiger partial charge in [0.2, 0.25) is 5.69 Å². The van der Waals surface area contributed by atoms with Crippen LogP contribution in [0.3, 0.4) is 0 Å². The Bertz CT molecular complexity index is 690. The number of benzene rings is 1. The van der Waals surface area contributed by atoms with Crippen LogP contribution in [0.25, 0.3) is 0 Å². The van der Waals surface area contributed by atoms with Crippen LogP contribution in [0.2, 0.25) is 0 Å². The number of rotatable bonds is 5. The lowest BCUT2D eigenvalue weighted by atomic mass is 10.1. The first-order valence-electron chi connectivity index (χ1n) is 6.51. The molecular weight excluding hydrogens is 268 g/mol. The molecule has 0 saturated carbocycles. The van der Waals surface area contributed by atoms with Gasteiger partial charge >= 0.3 is 5.69 Å². The molecule has 106 valence electrons. The van der Waals surface area contributed by atoms with Crippen molar-refractivity contribution < 1.29 is 4.92 Å². The van der Waals surface area contributed by atoms with E-state index in [4.69, 9.17) is 5.26 Å². The van der Waals surface area contributed by atoms with E-state index in [1.165, 1.54) is 17.7 Å². The molecule has 0 aliphatic heterocycles. The fourth-order valence-electron chi connectivity index (χ4n) is 1.87. The van der Waals surface area contributed by atoms with Crippen LogP contribution in [0.1, 0.15) is 23.7 Å². The van der Waals surface area contributed by atoms with Crippen molar-refractivity contribution in [2.75, 3.05) is 5.32 Å². The molecule has 0 unspecified atom stereocenters. The Hall–Kier alpha value is -2.94. The number of nitriles is 1. The van der Waals surface area contributed by atoms with Crippen molar-refractivity contribution in [3.8, 4) is 6.07 Å². The van der Waals surface area contributed by atoms with E-state index in [-0.39, 0.29) is 11.4 Å². The first-order chi connectivity index (χ1) is 10.1. The van der Waals surface area contributed by atoms with E-state index in [0.717, 1.165) is 12.0 Å².